The van der Waals surface area contributed by atoms with E-state index in [2.05, 4.69) is 10.4 Å². The van der Waals surface area contributed by atoms with Crippen LogP contribution < -0.4 is 20.5 Å². The Bertz CT molecular complexity index is 969. The predicted octanol–water partition coefficient (Wildman–Crippen LogP) is 1.88. The van der Waals surface area contributed by atoms with Crippen LogP contribution in [0.2, 0.25) is 0 Å². The zero-order chi connectivity index (χ0) is 19.7. The minimum Gasteiger partial charge on any atom is -0.494 e. The van der Waals surface area contributed by atoms with E-state index in [4.69, 9.17) is 4.74 Å². The molecule has 146 valence electrons. The van der Waals surface area contributed by atoms with Crippen molar-refractivity contribution >= 4 is 35.0 Å². The summed E-state index contributed by atoms with van der Waals surface area (Å²) in [6.07, 6.45) is 3.36. The number of aromatic nitrogens is 2. The number of amides is 2. The SMILES string of the molecule is CCOc1ccc(NC(=O)Cn2ncc3c(c2=O)N(C2CC2)C(=O)CS3)cc1. The molecular formula is C19H20N4O4S. The number of ether oxygens (including phenoxy) is 1. The molecule has 1 aromatic carbocycles. The third kappa shape index (κ3) is 3.75. The normalized spacial score (nSPS) is 15.9. The maximum atomic E-state index is 12.9. The van der Waals surface area contributed by atoms with E-state index in [1.165, 1.54) is 11.8 Å². The van der Waals surface area contributed by atoms with E-state index in [-0.39, 0.29) is 24.4 Å². The minimum absolute atomic E-state index is 0.0614. The first-order chi connectivity index (χ1) is 13.6. The Labute approximate surface area is 165 Å². The molecule has 0 radical (unpaired) electrons. The number of anilines is 2. The van der Waals surface area contributed by atoms with Gasteiger partial charge in [-0.25, -0.2) is 4.68 Å². The van der Waals surface area contributed by atoms with Crippen LogP contribution in [0, 0.1) is 0 Å². The molecule has 28 heavy (non-hydrogen) atoms. The lowest BCUT2D eigenvalue weighted by atomic mass is 10.3. The molecule has 0 atom stereocenters. The highest BCUT2D eigenvalue weighted by atomic mass is 32.2. The Morgan fingerprint density at radius 1 is 1.29 bits per heavy atom. The molecule has 1 saturated carbocycles. The number of hydrogen-bond acceptors (Lipinski definition) is 6. The molecule has 4 rings (SSSR count). The van der Waals surface area contributed by atoms with E-state index in [1.807, 2.05) is 6.92 Å². The topological polar surface area (TPSA) is 93.5 Å². The molecule has 1 aliphatic heterocycles. The number of carbonyl (C=O) groups excluding carboxylic acids is 2. The Balaban J connectivity index is 1.51. The van der Waals surface area contributed by atoms with Gasteiger partial charge in [0.25, 0.3) is 5.56 Å². The van der Waals surface area contributed by atoms with Crippen LogP contribution >= 0.6 is 11.8 Å². The summed E-state index contributed by atoms with van der Waals surface area (Å²) < 4.78 is 6.48. The molecule has 2 heterocycles. The van der Waals surface area contributed by atoms with Gasteiger partial charge in [0.1, 0.15) is 18.0 Å². The third-order valence-corrected chi connectivity index (χ3v) is 5.50. The van der Waals surface area contributed by atoms with E-state index in [0.717, 1.165) is 23.3 Å². The van der Waals surface area contributed by atoms with Crippen LogP contribution in [0.5, 0.6) is 5.75 Å². The summed E-state index contributed by atoms with van der Waals surface area (Å²) in [4.78, 5) is 39.9. The molecular weight excluding hydrogens is 380 g/mol. The first kappa shape index (κ1) is 18.5. The van der Waals surface area contributed by atoms with Crippen molar-refractivity contribution in [1.29, 1.82) is 0 Å². The van der Waals surface area contributed by atoms with Crippen LogP contribution in [0.4, 0.5) is 11.4 Å². The fourth-order valence-corrected chi connectivity index (χ4v) is 3.96. The second-order valence-electron chi connectivity index (χ2n) is 6.61. The quantitative estimate of drug-likeness (QED) is 0.796. The number of fused-ring (bicyclic) bond motifs is 1. The van der Waals surface area contributed by atoms with Crippen LogP contribution in [0.3, 0.4) is 0 Å². The maximum Gasteiger partial charge on any atom is 0.292 e. The lowest BCUT2D eigenvalue weighted by molar-refractivity contribution is -0.117. The van der Waals surface area contributed by atoms with Gasteiger partial charge in [0, 0.05) is 11.7 Å². The summed E-state index contributed by atoms with van der Waals surface area (Å²) in [5, 5.41) is 6.86. The highest BCUT2D eigenvalue weighted by molar-refractivity contribution is 8.00. The van der Waals surface area contributed by atoms with Crippen molar-refractivity contribution < 1.29 is 14.3 Å². The van der Waals surface area contributed by atoms with Crippen LogP contribution in [-0.4, -0.2) is 40.0 Å². The molecule has 0 bridgehead atoms. The van der Waals surface area contributed by atoms with Gasteiger partial charge in [0.05, 0.1) is 23.5 Å². The molecule has 2 aromatic rings. The molecule has 1 aliphatic carbocycles. The van der Waals surface area contributed by atoms with Gasteiger partial charge in [-0.1, -0.05) is 0 Å². The Morgan fingerprint density at radius 3 is 2.71 bits per heavy atom. The lowest BCUT2D eigenvalue weighted by Gasteiger charge is -2.28. The smallest absolute Gasteiger partial charge is 0.292 e. The number of benzene rings is 1. The second kappa shape index (κ2) is 7.67. The number of carbonyl (C=O) groups is 2. The molecule has 2 amide bonds. The molecule has 9 heteroatoms. The number of nitrogens with one attached hydrogen (secondary N) is 1. The van der Waals surface area contributed by atoms with Crippen molar-refractivity contribution in [2.24, 2.45) is 0 Å². The maximum absolute atomic E-state index is 12.9. The van der Waals surface area contributed by atoms with Crippen LogP contribution in [-0.2, 0) is 16.1 Å². The van der Waals surface area contributed by atoms with Crippen molar-refractivity contribution in [3.05, 3.63) is 40.8 Å². The van der Waals surface area contributed by atoms with Gasteiger partial charge in [-0.2, -0.15) is 5.10 Å². The van der Waals surface area contributed by atoms with Crippen molar-refractivity contribution in [2.45, 2.75) is 37.2 Å². The van der Waals surface area contributed by atoms with Crippen LogP contribution in [0.25, 0.3) is 0 Å². The number of hydrogen-bond donors (Lipinski definition) is 1. The van der Waals surface area contributed by atoms with Gasteiger partial charge in [-0.15, -0.1) is 11.8 Å². The van der Waals surface area contributed by atoms with Crippen molar-refractivity contribution in [2.75, 3.05) is 22.6 Å². The average molecular weight is 400 g/mol. The zero-order valence-corrected chi connectivity index (χ0v) is 16.2. The van der Waals surface area contributed by atoms with Gasteiger partial charge in [0.15, 0.2) is 0 Å². The van der Waals surface area contributed by atoms with Gasteiger partial charge >= 0.3 is 0 Å². The summed E-state index contributed by atoms with van der Waals surface area (Å²) in [6, 6.07) is 7.08. The summed E-state index contributed by atoms with van der Waals surface area (Å²) in [5.41, 5.74) is 0.546. The number of rotatable bonds is 6. The van der Waals surface area contributed by atoms with Gasteiger partial charge in [-0.05, 0) is 44.0 Å². The van der Waals surface area contributed by atoms with E-state index >= 15 is 0 Å². The third-order valence-electron chi connectivity index (χ3n) is 4.50. The average Bonchev–Trinajstić information content (AvgIpc) is 3.51. The summed E-state index contributed by atoms with van der Waals surface area (Å²) in [5.74, 6) is 0.600. The first-order valence-electron chi connectivity index (χ1n) is 9.14. The predicted molar refractivity (Wildman–Crippen MR) is 106 cm³/mol. The van der Waals surface area contributed by atoms with Crippen LogP contribution in [0.15, 0.2) is 40.2 Å². The molecule has 8 nitrogen and oxygen atoms in total. The molecule has 0 spiro atoms. The number of thioether (sulfide) groups is 1. The van der Waals surface area contributed by atoms with Crippen LogP contribution in [0.1, 0.15) is 19.8 Å². The van der Waals surface area contributed by atoms with E-state index in [1.54, 1.807) is 35.4 Å². The molecule has 1 N–H and O–H groups in total. The molecule has 1 aromatic heterocycles. The summed E-state index contributed by atoms with van der Waals surface area (Å²) in [6.45, 7) is 2.24. The van der Waals surface area contributed by atoms with Gasteiger partial charge in [-0.3, -0.25) is 14.4 Å². The molecule has 1 fully saturated rings. The molecule has 0 saturated heterocycles. The van der Waals surface area contributed by atoms with Gasteiger partial charge < -0.3 is 15.0 Å². The fraction of sp³-hybridized carbons (Fsp3) is 0.368. The Hall–Kier alpha value is -2.81. The van der Waals surface area contributed by atoms with Crippen molar-refractivity contribution in [3.8, 4) is 5.75 Å². The van der Waals surface area contributed by atoms with E-state index in [0.29, 0.717) is 28.6 Å². The van der Waals surface area contributed by atoms with Crippen molar-refractivity contribution in [3.63, 3.8) is 0 Å². The standard InChI is InChI=1S/C19H20N4O4S/c1-2-27-14-7-3-12(4-8-14)21-16(24)10-22-19(26)18-15(9-20-22)28-11-17(25)23(18)13-5-6-13/h3-4,7-9,13H,2,5-6,10-11H2,1H3,(H,21,24). The summed E-state index contributed by atoms with van der Waals surface area (Å²) in [7, 11) is 0. The van der Waals surface area contributed by atoms with Gasteiger partial charge in [0.2, 0.25) is 11.8 Å². The van der Waals surface area contributed by atoms with Crippen molar-refractivity contribution in [1.82, 2.24) is 9.78 Å². The lowest BCUT2D eigenvalue weighted by Crippen LogP contribution is -2.43. The largest absolute Gasteiger partial charge is 0.494 e. The molecule has 0 unspecified atom stereocenters. The Kier molecular flexibility index (Phi) is 5.08. The highest BCUT2D eigenvalue weighted by Crippen LogP contribution is 2.38. The number of nitrogens with zero attached hydrogens (tertiary/aromatic N) is 3. The highest BCUT2D eigenvalue weighted by Gasteiger charge is 2.39. The zero-order valence-electron chi connectivity index (χ0n) is 15.4. The minimum atomic E-state index is -0.410. The Morgan fingerprint density at radius 2 is 2.04 bits per heavy atom. The van der Waals surface area contributed by atoms with E-state index < -0.39 is 5.56 Å². The monoisotopic (exact) mass is 400 g/mol. The second-order valence-corrected chi connectivity index (χ2v) is 7.63. The molecule has 2 aliphatic rings. The fourth-order valence-electron chi connectivity index (χ4n) is 3.09. The van der Waals surface area contributed by atoms with E-state index in [9.17, 15) is 14.4 Å². The first-order valence-corrected chi connectivity index (χ1v) is 10.1. The summed E-state index contributed by atoms with van der Waals surface area (Å²) >= 11 is 1.32.